The van der Waals surface area contributed by atoms with E-state index in [1.807, 2.05) is 0 Å². The number of amides is 4. The van der Waals surface area contributed by atoms with Gasteiger partial charge in [-0.3, -0.25) is 14.4 Å². The van der Waals surface area contributed by atoms with E-state index < -0.39 is 24.9 Å². The highest BCUT2D eigenvalue weighted by molar-refractivity contribution is 6.04. The van der Waals surface area contributed by atoms with Gasteiger partial charge in [0.25, 0.3) is 11.8 Å². The van der Waals surface area contributed by atoms with Crippen molar-refractivity contribution in [1.29, 1.82) is 0 Å². The van der Waals surface area contributed by atoms with Crippen LogP contribution < -0.4 is 20.9 Å². The SMILES string of the molecule is CCNC(=O)c1ccc(C)c(N(C(=O)OCOC(=O)C(C)NC=O)c2ncnn3cc(C(=O)NCC)c(C)c23)c1. The molecule has 3 rings (SSSR count). The Bertz CT molecular complexity index is 1440. The van der Waals surface area contributed by atoms with Crippen LogP contribution in [0, 0.1) is 13.8 Å². The first kappa shape index (κ1) is 29.5. The molecular weight excluding hydrogens is 522 g/mol. The lowest BCUT2D eigenvalue weighted by Gasteiger charge is -2.24. The maximum absolute atomic E-state index is 13.6. The Morgan fingerprint density at radius 2 is 1.77 bits per heavy atom. The Kier molecular flexibility index (Phi) is 9.73. The molecule has 14 nitrogen and oxygen atoms in total. The number of hydrogen-bond donors (Lipinski definition) is 3. The zero-order valence-electron chi connectivity index (χ0n) is 22.8. The summed E-state index contributed by atoms with van der Waals surface area (Å²) in [6.45, 7) is 8.44. The van der Waals surface area contributed by atoms with Gasteiger partial charge in [-0.1, -0.05) is 6.07 Å². The third-order valence-corrected chi connectivity index (χ3v) is 5.89. The average molecular weight is 554 g/mol. The van der Waals surface area contributed by atoms with Gasteiger partial charge in [0.15, 0.2) is 5.82 Å². The van der Waals surface area contributed by atoms with Gasteiger partial charge in [0.05, 0.1) is 11.3 Å². The van der Waals surface area contributed by atoms with Crippen LogP contribution in [0.3, 0.4) is 0 Å². The summed E-state index contributed by atoms with van der Waals surface area (Å²) in [4.78, 5) is 66.9. The van der Waals surface area contributed by atoms with E-state index in [1.54, 1.807) is 39.8 Å². The van der Waals surface area contributed by atoms with Gasteiger partial charge in [-0.05, 0) is 57.9 Å². The number of hydrogen-bond acceptors (Lipinski definition) is 9. The van der Waals surface area contributed by atoms with Crippen molar-refractivity contribution in [2.75, 3.05) is 24.8 Å². The highest BCUT2D eigenvalue weighted by Gasteiger charge is 2.29. The van der Waals surface area contributed by atoms with Crippen LogP contribution in [-0.4, -0.2) is 70.8 Å². The number of nitrogens with one attached hydrogen (secondary N) is 3. The van der Waals surface area contributed by atoms with Crippen molar-refractivity contribution in [1.82, 2.24) is 30.5 Å². The molecule has 212 valence electrons. The topological polar surface area (TPSA) is 173 Å². The average Bonchev–Trinajstić information content (AvgIpc) is 3.27. The molecule has 0 aliphatic rings. The van der Waals surface area contributed by atoms with Gasteiger partial charge in [-0.2, -0.15) is 5.10 Å². The number of anilines is 2. The molecule has 0 aliphatic carbocycles. The minimum Gasteiger partial charge on any atom is -0.426 e. The fraction of sp³-hybridized carbons (Fsp3) is 0.346. The van der Waals surface area contributed by atoms with Crippen molar-refractivity contribution >= 4 is 47.3 Å². The van der Waals surface area contributed by atoms with Crippen LogP contribution in [0.5, 0.6) is 0 Å². The van der Waals surface area contributed by atoms with Crippen molar-refractivity contribution in [2.45, 2.75) is 40.7 Å². The summed E-state index contributed by atoms with van der Waals surface area (Å²) in [6.07, 6.45) is 2.09. The first-order valence-electron chi connectivity index (χ1n) is 12.5. The molecule has 0 aliphatic heterocycles. The number of rotatable bonds is 11. The Labute approximate surface area is 230 Å². The van der Waals surface area contributed by atoms with E-state index in [2.05, 4.69) is 26.0 Å². The number of aryl methyl sites for hydroxylation is 2. The summed E-state index contributed by atoms with van der Waals surface area (Å²) in [5.41, 5.74) is 2.30. The zero-order chi connectivity index (χ0) is 29.4. The third kappa shape index (κ3) is 6.34. The van der Waals surface area contributed by atoms with Crippen LogP contribution in [0.1, 0.15) is 52.6 Å². The van der Waals surface area contributed by atoms with Crippen molar-refractivity contribution < 1.29 is 33.4 Å². The van der Waals surface area contributed by atoms with Gasteiger partial charge in [0, 0.05) is 24.8 Å². The predicted octanol–water partition coefficient (Wildman–Crippen LogP) is 1.76. The van der Waals surface area contributed by atoms with Crippen LogP contribution in [0.15, 0.2) is 30.7 Å². The molecule has 2 heterocycles. The molecule has 14 heteroatoms. The van der Waals surface area contributed by atoms with E-state index in [1.165, 1.54) is 30.0 Å². The van der Waals surface area contributed by atoms with Crippen LogP contribution in [0.2, 0.25) is 0 Å². The van der Waals surface area contributed by atoms with Gasteiger partial charge >= 0.3 is 12.1 Å². The quantitative estimate of drug-likeness (QED) is 0.182. The van der Waals surface area contributed by atoms with Crippen molar-refractivity contribution in [3.63, 3.8) is 0 Å². The lowest BCUT2D eigenvalue weighted by molar-refractivity contribution is -0.154. The Hall–Kier alpha value is -5.01. The van der Waals surface area contributed by atoms with E-state index in [-0.39, 0.29) is 28.9 Å². The van der Waals surface area contributed by atoms with Crippen LogP contribution in [-0.2, 0) is 19.1 Å². The monoisotopic (exact) mass is 553 g/mol. The molecule has 0 fully saturated rings. The zero-order valence-corrected chi connectivity index (χ0v) is 22.8. The van der Waals surface area contributed by atoms with Crippen molar-refractivity contribution in [2.24, 2.45) is 0 Å². The number of carbonyl (C=O) groups excluding carboxylic acids is 5. The van der Waals surface area contributed by atoms with Crippen LogP contribution in [0.4, 0.5) is 16.3 Å². The van der Waals surface area contributed by atoms with Gasteiger partial charge in [0.2, 0.25) is 13.2 Å². The highest BCUT2D eigenvalue weighted by atomic mass is 16.7. The number of aromatic nitrogens is 3. The molecule has 0 saturated carbocycles. The maximum atomic E-state index is 13.6. The largest absolute Gasteiger partial charge is 0.426 e. The Balaban J connectivity index is 2.11. The fourth-order valence-corrected chi connectivity index (χ4v) is 3.84. The molecule has 1 aromatic carbocycles. The second kappa shape index (κ2) is 13.2. The summed E-state index contributed by atoms with van der Waals surface area (Å²) < 4.78 is 11.7. The number of esters is 1. The fourth-order valence-electron chi connectivity index (χ4n) is 3.84. The van der Waals surface area contributed by atoms with E-state index in [9.17, 15) is 24.0 Å². The second-order valence-electron chi connectivity index (χ2n) is 8.60. The third-order valence-electron chi connectivity index (χ3n) is 5.89. The minimum absolute atomic E-state index is 0.0616. The molecular formula is C26H31N7O7. The second-order valence-corrected chi connectivity index (χ2v) is 8.60. The van der Waals surface area contributed by atoms with Gasteiger partial charge in [-0.15, -0.1) is 0 Å². The molecule has 1 atom stereocenters. The van der Waals surface area contributed by atoms with Crippen molar-refractivity contribution in [3.8, 4) is 0 Å². The molecule has 0 spiro atoms. The molecule has 1 unspecified atom stereocenters. The summed E-state index contributed by atoms with van der Waals surface area (Å²) in [5.74, 6) is -1.44. The highest BCUT2D eigenvalue weighted by Crippen LogP contribution is 2.34. The lowest BCUT2D eigenvalue weighted by atomic mass is 10.1. The predicted molar refractivity (Wildman–Crippen MR) is 143 cm³/mol. The van der Waals surface area contributed by atoms with E-state index in [0.717, 1.165) is 4.90 Å². The van der Waals surface area contributed by atoms with Gasteiger partial charge in [-0.25, -0.2) is 24.0 Å². The normalized spacial score (nSPS) is 11.3. The minimum atomic E-state index is -0.985. The standard InChI is InChI=1S/C26H31N7O7/c1-6-27-23(35)18-9-8-15(3)20(10-18)33(26(38)40-14-39-25(37)17(5)30-13-34)22-21-16(4)19(24(36)28-7-2)11-32(21)31-12-29-22/h8-13,17H,6-7,14H2,1-5H3,(H,27,35)(H,28,36)(H,30,34). The van der Waals surface area contributed by atoms with Gasteiger partial charge < -0.3 is 25.4 Å². The maximum Gasteiger partial charge on any atom is 0.423 e. The molecule has 3 N–H and O–H groups in total. The number of nitrogens with zero attached hydrogens (tertiary/aromatic N) is 4. The van der Waals surface area contributed by atoms with E-state index >= 15 is 0 Å². The molecule has 40 heavy (non-hydrogen) atoms. The number of carbonyl (C=O) groups is 5. The summed E-state index contributed by atoms with van der Waals surface area (Å²) in [6, 6.07) is 3.82. The smallest absolute Gasteiger partial charge is 0.423 e. The molecule has 0 saturated heterocycles. The molecule has 0 bridgehead atoms. The van der Waals surface area contributed by atoms with Gasteiger partial charge in [0.1, 0.15) is 17.9 Å². The molecule has 0 radical (unpaired) electrons. The van der Waals surface area contributed by atoms with E-state index in [4.69, 9.17) is 9.47 Å². The Morgan fingerprint density at radius 1 is 1.07 bits per heavy atom. The number of ether oxygens (including phenoxy) is 2. The van der Waals surface area contributed by atoms with Crippen LogP contribution >= 0.6 is 0 Å². The lowest BCUT2D eigenvalue weighted by Crippen LogP contribution is -2.36. The molecule has 4 amide bonds. The number of fused-ring (bicyclic) bond motifs is 1. The number of benzene rings is 1. The van der Waals surface area contributed by atoms with Crippen molar-refractivity contribution in [3.05, 3.63) is 53.0 Å². The van der Waals surface area contributed by atoms with E-state index in [0.29, 0.717) is 41.7 Å². The van der Waals surface area contributed by atoms with Crippen LogP contribution in [0.25, 0.3) is 5.52 Å². The Morgan fingerprint density at radius 3 is 2.45 bits per heavy atom. The first-order chi connectivity index (χ1) is 19.1. The first-order valence-corrected chi connectivity index (χ1v) is 12.5. The summed E-state index contributed by atoms with van der Waals surface area (Å²) in [5, 5.41) is 11.9. The summed E-state index contributed by atoms with van der Waals surface area (Å²) >= 11 is 0. The molecule has 2 aromatic heterocycles. The molecule has 3 aromatic rings. The summed E-state index contributed by atoms with van der Waals surface area (Å²) in [7, 11) is 0.